The molecule has 1 saturated heterocycles. The summed E-state index contributed by atoms with van der Waals surface area (Å²) in [5.74, 6) is -1.54. The number of pyridine rings is 2. The zero-order valence-corrected chi connectivity index (χ0v) is 18.8. The maximum Gasteiger partial charge on any atom is 0.256 e. The molecule has 0 saturated carbocycles. The molecule has 180 valence electrons. The lowest BCUT2D eigenvalue weighted by molar-refractivity contribution is -0.0494. The number of alkyl halides is 2. The molecule has 9 nitrogen and oxygen atoms in total. The number of halogens is 2. The average molecular weight is 473 g/mol. The predicted octanol–water partition coefficient (Wildman–Crippen LogP) is 2.48. The van der Waals surface area contributed by atoms with Gasteiger partial charge in [0.15, 0.2) is 11.6 Å². The second-order valence-corrected chi connectivity index (χ2v) is 8.61. The van der Waals surface area contributed by atoms with Crippen molar-refractivity contribution in [1.29, 1.82) is 0 Å². The maximum absolute atomic E-state index is 13.4. The Balaban J connectivity index is 1.35. The third-order valence-electron chi connectivity index (χ3n) is 6.39. The predicted molar refractivity (Wildman–Crippen MR) is 118 cm³/mol. The lowest BCUT2D eigenvalue weighted by atomic mass is 10.1. The Hall–Kier alpha value is -3.34. The van der Waals surface area contributed by atoms with Gasteiger partial charge in [0.1, 0.15) is 12.4 Å². The number of amides is 2. The normalized spacial score (nSPS) is 19.0. The molecule has 5 heterocycles. The topological polar surface area (TPSA) is 88.1 Å². The van der Waals surface area contributed by atoms with E-state index in [1.165, 1.54) is 11.1 Å². The molecule has 0 aromatic carbocycles. The van der Waals surface area contributed by atoms with Crippen molar-refractivity contribution in [2.75, 3.05) is 51.4 Å². The number of nitrogens with zero attached hydrogens (tertiary/aromatic N) is 5. The first-order valence-electron chi connectivity index (χ1n) is 11.2. The van der Waals surface area contributed by atoms with Crippen LogP contribution < -0.4 is 9.64 Å². The highest BCUT2D eigenvalue weighted by Crippen LogP contribution is 2.36. The molecule has 0 aliphatic carbocycles. The van der Waals surface area contributed by atoms with E-state index in [2.05, 4.69) is 9.97 Å². The van der Waals surface area contributed by atoms with Crippen LogP contribution in [0.5, 0.6) is 5.75 Å². The Morgan fingerprint density at radius 3 is 2.74 bits per heavy atom. The minimum absolute atomic E-state index is 0.00899. The highest BCUT2D eigenvalue weighted by Gasteiger charge is 2.36. The van der Waals surface area contributed by atoms with Gasteiger partial charge in [-0.2, -0.15) is 0 Å². The Morgan fingerprint density at radius 2 is 1.97 bits per heavy atom. The summed E-state index contributed by atoms with van der Waals surface area (Å²) >= 11 is 0. The van der Waals surface area contributed by atoms with E-state index in [1.807, 2.05) is 11.0 Å². The van der Waals surface area contributed by atoms with E-state index >= 15 is 0 Å². The van der Waals surface area contributed by atoms with Crippen LogP contribution in [0.1, 0.15) is 39.1 Å². The van der Waals surface area contributed by atoms with Crippen LogP contribution in [0.3, 0.4) is 0 Å². The number of piperidine rings is 1. The van der Waals surface area contributed by atoms with Crippen molar-refractivity contribution in [3.8, 4) is 5.75 Å². The summed E-state index contributed by atoms with van der Waals surface area (Å²) in [6.07, 6.45) is 2.35. The summed E-state index contributed by atoms with van der Waals surface area (Å²) in [5.41, 5.74) is 1.76. The van der Waals surface area contributed by atoms with Crippen molar-refractivity contribution in [2.24, 2.45) is 0 Å². The second kappa shape index (κ2) is 8.79. The molecule has 0 radical (unpaired) electrons. The van der Waals surface area contributed by atoms with Gasteiger partial charge in [0, 0.05) is 58.5 Å². The number of carbonyl (C=O) groups excluding carboxylic acids is 2. The molecule has 3 aliphatic heterocycles. The van der Waals surface area contributed by atoms with Crippen molar-refractivity contribution in [3.05, 3.63) is 41.2 Å². The summed E-state index contributed by atoms with van der Waals surface area (Å²) in [4.78, 5) is 39.4. The molecule has 2 aromatic heterocycles. The van der Waals surface area contributed by atoms with E-state index in [-0.39, 0.29) is 37.7 Å². The molecule has 34 heavy (non-hydrogen) atoms. The summed E-state index contributed by atoms with van der Waals surface area (Å²) in [5, 5.41) is 0. The molecular formula is C23H25F2N5O4. The van der Waals surface area contributed by atoms with Crippen LogP contribution in [0.4, 0.5) is 20.4 Å². The number of carbonyl (C=O) groups is 2. The fourth-order valence-corrected chi connectivity index (χ4v) is 4.44. The number of fused-ring (bicyclic) bond motifs is 2. The van der Waals surface area contributed by atoms with Crippen LogP contribution in [-0.2, 0) is 11.3 Å². The fraction of sp³-hybridized carbons (Fsp3) is 0.478. The van der Waals surface area contributed by atoms with Gasteiger partial charge in [0.05, 0.1) is 24.3 Å². The number of rotatable bonds is 5. The maximum atomic E-state index is 13.4. The lowest BCUT2D eigenvalue weighted by Gasteiger charge is -2.32. The van der Waals surface area contributed by atoms with E-state index in [0.717, 1.165) is 5.56 Å². The minimum Gasteiger partial charge on any atom is -0.488 e. The second-order valence-electron chi connectivity index (χ2n) is 8.61. The first-order chi connectivity index (χ1) is 16.4. The van der Waals surface area contributed by atoms with Crippen LogP contribution >= 0.6 is 0 Å². The van der Waals surface area contributed by atoms with E-state index in [4.69, 9.17) is 9.47 Å². The van der Waals surface area contributed by atoms with Crippen molar-refractivity contribution < 1.29 is 27.8 Å². The number of likely N-dealkylation sites (tertiary alicyclic amines) is 1. The van der Waals surface area contributed by atoms with Gasteiger partial charge in [0.25, 0.3) is 17.7 Å². The Morgan fingerprint density at radius 1 is 1.18 bits per heavy atom. The van der Waals surface area contributed by atoms with Crippen LogP contribution in [-0.4, -0.2) is 84.0 Å². The lowest BCUT2D eigenvalue weighted by Crippen LogP contribution is -2.42. The standard InChI is InChI=1S/C23H25F2N5O4/c1-33-8-6-29-14-16-11-19(26-13-17(16)22(29)32)30-7-9-34-18-10-15(12-27-20(18)30)21(31)28-4-2-23(24,25)3-5-28/h10-13H,2-9,14H2,1H3. The third-order valence-corrected chi connectivity index (χ3v) is 6.39. The van der Waals surface area contributed by atoms with Gasteiger partial charge in [-0.3, -0.25) is 9.59 Å². The minimum atomic E-state index is -2.72. The zero-order chi connectivity index (χ0) is 23.9. The van der Waals surface area contributed by atoms with Crippen LogP contribution in [0.25, 0.3) is 0 Å². The SMILES string of the molecule is COCCN1Cc2cc(N3CCOc4cc(C(=O)N5CCC(F)(F)CC5)cnc43)ncc2C1=O. The number of hydrogen-bond donors (Lipinski definition) is 0. The molecule has 0 bridgehead atoms. The Kier molecular flexibility index (Phi) is 5.80. The van der Waals surface area contributed by atoms with Crippen molar-refractivity contribution in [1.82, 2.24) is 19.8 Å². The third kappa shape index (κ3) is 4.15. The molecule has 3 aliphatic rings. The van der Waals surface area contributed by atoms with Gasteiger partial charge in [-0.05, 0) is 17.7 Å². The molecule has 2 aromatic rings. The van der Waals surface area contributed by atoms with Crippen LogP contribution in [0.15, 0.2) is 24.5 Å². The zero-order valence-electron chi connectivity index (χ0n) is 18.8. The molecule has 0 atom stereocenters. The molecule has 0 spiro atoms. The molecule has 11 heteroatoms. The highest BCUT2D eigenvalue weighted by molar-refractivity contribution is 5.98. The molecule has 0 N–H and O–H groups in total. The quantitative estimate of drug-likeness (QED) is 0.659. The Labute approximate surface area is 195 Å². The van der Waals surface area contributed by atoms with Gasteiger partial charge in [-0.25, -0.2) is 18.7 Å². The van der Waals surface area contributed by atoms with Crippen molar-refractivity contribution >= 4 is 23.5 Å². The van der Waals surface area contributed by atoms with Crippen LogP contribution in [0.2, 0.25) is 0 Å². The largest absolute Gasteiger partial charge is 0.488 e. The summed E-state index contributed by atoms with van der Waals surface area (Å²) < 4.78 is 37.7. The molecule has 0 unspecified atom stereocenters. The number of hydrogen-bond acceptors (Lipinski definition) is 7. The van der Waals surface area contributed by atoms with Gasteiger partial charge in [-0.15, -0.1) is 0 Å². The van der Waals surface area contributed by atoms with Crippen molar-refractivity contribution in [2.45, 2.75) is 25.3 Å². The van der Waals surface area contributed by atoms with E-state index in [1.54, 1.807) is 24.3 Å². The van der Waals surface area contributed by atoms with Crippen molar-refractivity contribution in [3.63, 3.8) is 0 Å². The van der Waals surface area contributed by atoms with Crippen LogP contribution in [0, 0.1) is 0 Å². The molecular weight excluding hydrogens is 448 g/mol. The van der Waals surface area contributed by atoms with Gasteiger partial charge >= 0.3 is 0 Å². The number of aromatic nitrogens is 2. The van der Waals surface area contributed by atoms with E-state index < -0.39 is 5.92 Å². The molecule has 2 amide bonds. The highest BCUT2D eigenvalue weighted by atomic mass is 19.3. The van der Waals surface area contributed by atoms with Gasteiger partial charge in [-0.1, -0.05) is 0 Å². The Bertz CT molecular complexity index is 1120. The van der Waals surface area contributed by atoms with Gasteiger partial charge < -0.3 is 24.2 Å². The van der Waals surface area contributed by atoms with Gasteiger partial charge in [0.2, 0.25) is 0 Å². The molecule has 5 rings (SSSR count). The number of methoxy groups -OCH3 is 1. The first kappa shape index (κ1) is 22.5. The number of ether oxygens (including phenoxy) is 2. The number of anilines is 2. The summed E-state index contributed by atoms with van der Waals surface area (Å²) in [6.45, 7) is 2.33. The smallest absolute Gasteiger partial charge is 0.256 e. The summed E-state index contributed by atoms with van der Waals surface area (Å²) in [6, 6.07) is 3.48. The summed E-state index contributed by atoms with van der Waals surface area (Å²) in [7, 11) is 1.60. The fourth-order valence-electron chi connectivity index (χ4n) is 4.44. The van der Waals surface area contributed by atoms with E-state index in [9.17, 15) is 18.4 Å². The first-order valence-corrected chi connectivity index (χ1v) is 11.2. The monoisotopic (exact) mass is 473 g/mol. The average Bonchev–Trinajstić information content (AvgIpc) is 3.16. The molecule has 1 fully saturated rings. The van der Waals surface area contributed by atoms with E-state index in [0.29, 0.717) is 61.4 Å².